The van der Waals surface area contributed by atoms with Crippen LogP contribution in [0.2, 0.25) is 0 Å². The Balaban J connectivity index is 2.05. The van der Waals surface area contributed by atoms with Crippen molar-refractivity contribution in [3.05, 3.63) is 41.1 Å². The molecule has 0 atom stereocenters. The summed E-state index contributed by atoms with van der Waals surface area (Å²) in [6, 6.07) is 7.91. The maximum absolute atomic E-state index is 13.0. The molecule has 24 heavy (non-hydrogen) atoms. The Morgan fingerprint density at radius 2 is 1.58 bits per heavy atom. The Bertz CT molecular complexity index is 667. The van der Waals surface area contributed by atoms with Crippen LogP contribution in [0.3, 0.4) is 0 Å². The second kappa shape index (κ2) is 6.80. The van der Waals surface area contributed by atoms with E-state index in [1.807, 2.05) is 45.0 Å². The number of nitrogens with zero attached hydrogens (tertiary/aromatic N) is 2. The van der Waals surface area contributed by atoms with Gasteiger partial charge < -0.3 is 4.90 Å². The molecule has 128 valence electrons. The second-order valence-corrected chi connectivity index (χ2v) is 7.25. The van der Waals surface area contributed by atoms with Crippen molar-refractivity contribution in [1.82, 2.24) is 9.80 Å². The number of rotatable bonds is 4. The van der Waals surface area contributed by atoms with Crippen LogP contribution in [0.25, 0.3) is 5.57 Å². The van der Waals surface area contributed by atoms with E-state index in [4.69, 9.17) is 0 Å². The van der Waals surface area contributed by atoms with Crippen molar-refractivity contribution in [3.8, 4) is 0 Å². The molecule has 3 rings (SSSR count). The van der Waals surface area contributed by atoms with Crippen LogP contribution in [0.5, 0.6) is 0 Å². The van der Waals surface area contributed by atoms with Crippen molar-refractivity contribution in [2.75, 3.05) is 19.6 Å². The van der Waals surface area contributed by atoms with Crippen LogP contribution in [0.4, 0.5) is 0 Å². The van der Waals surface area contributed by atoms with E-state index in [0.29, 0.717) is 17.8 Å². The van der Waals surface area contributed by atoms with Gasteiger partial charge in [-0.25, -0.2) is 0 Å². The predicted molar refractivity (Wildman–Crippen MR) is 95.1 cm³/mol. The third kappa shape index (κ3) is 3.10. The summed E-state index contributed by atoms with van der Waals surface area (Å²) in [4.78, 5) is 29.6. The van der Waals surface area contributed by atoms with Crippen LogP contribution in [-0.4, -0.2) is 41.2 Å². The molecule has 1 aromatic carbocycles. The van der Waals surface area contributed by atoms with E-state index >= 15 is 0 Å². The maximum Gasteiger partial charge on any atom is 0.277 e. The fourth-order valence-corrected chi connectivity index (χ4v) is 3.49. The Morgan fingerprint density at radius 3 is 2.17 bits per heavy atom. The minimum Gasteiger partial charge on any atom is -0.366 e. The average molecular weight is 326 g/mol. The first kappa shape index (κ1) is 16.7. The molecule has 1 saturated heterocycles. The van der Waals surface area contributed by atoms with Crippen molar-refractivity contribution in [1.29, 1.82) is 0 Å². The summed E-state index contributed by atoms with van der Waals surface area (Å²) in [6.45, 7) is 8.29. The molecule has 1 aromatic rings. The summed E-state index contributed by atoms with van der Waals surface area (Å²) >= 11 is 0. The number of amides is 2. The number of hydrogen-bond donors (Lipinski definition) is 0. The van der Waals surface area contributed by atoms with Gasteiger partial charge in [-0.1, -0.05) is 43.7 Å². The molecular formula is C20H26N2O2. The predicted octanol–water partition coefficient (Wildman–Crippen LogP) is 3.22. The third-order valence-electron chi connectivity index (χ3n) is 4.70. The highest BCUT2D eigenvalue weighted by molar-refractivity contribution is 6.35. The van der Waals surface area contributed by atoms with Gasteiger partial charge in [0.05, 0.1) is 5.57 Å². The molecule has 0 spiro atoms. The van der Waals surface area contributed by atoms with Gasteiger partial charge >= 0.3 is 0 Å². The zero-order valence-corrected chi connectivity index (χ0v) is 14.8. The number of carbonyl (C=O) groups is 2. The van der Waals surface area contributed by atoms with Crippen molar-refractivity contribution in [2.24, 2.45) is 5.92 Å². The number of imide groups is 1. The minimum atomic E-state index is -0.141. The fraction of sp³-hybridized carbons (Fsp3) is 0.500. The van der Waals surface area contributed by atoms with Gasteiger partial charge in [0.1, 0.15) is 5.70 Å². The Morgan fingerprint density at radius 1 is 0.958 bits per heavy atom. The van der Waals surface area contributed by atoms with E-state index in [1.165, 1.54) is 11.3 Å². The smallest absolute Gasteiger partial charge is 0.277 e. The van der Waals surface area contributed by atoms with Gasteiger partial charge in [0.15, 0.2) is 0 Å². The first-order valence-corrected chi connectivity index (χ1v) is 8.91. The highest BCUT2D eigenvalue weighted by Gasteiger charge is 2.41. The summed E-state index contributed by atoms with van der Waals surface area (Å²) in [5.74, 6) is 0.00201. The van der Waals surface area contributed by atoms with Crippen LogP contribution >= 0.6 is 0 Å². The van der Waals surface area contributed by atoms with E-state index in [1.54, 1.807) is 0 Å². The molecule has 4 nitrogen and oxygen atoms in total. The highest BCUT2D eigenvalue weighted by atomic mass is 16.2. The zero-order chi connectivity index (χ0) is 17.3. The van der Waals surface area contributed by atoms with Gasteiger partial charge in [-0.15, -0.1) is 0 Å². The zero-order valence-electron chi connectivity index (χ0n) is 14.8. The molecule has 1 fully saturated rings. The fourth-order valence-electron chi connectivity index (χ4n) is 3.49. The molecule has 4 heteroatoms. The lowest BCUT2D eigenvalue weighted by Gasteiger charge is -2.29. The quantitative estimate of drug-likeness (QED) is 0.798. The van der Waals surface area contributed by atoms with Crippen LogP contribution in [0.15, 0.2) is 30.0 Å². The lowest BCUT2D eigenvalue weighted by atomic mass is 10.0. The van der Waals surface area contributed by atoms with Gasteiger partial charge in [-0.2, -0.15) is 0 Å². The molecule has 2 heterocycles. The normalized spacial score (nSPS) is 19.0. The number of hydrogen-bond acceptors (Lipinski definition) is 3. The number of piperidine rings is 1. The van der Waals surface area contributed by atoms with E-state index in [0.717, 1.165) is 37.1 Å². The third-order valence-corrected chi connectivity index (χ3v) is 4.70. The molecule has 0 aliphatic carbocycles. The molecule has 0 bridgehead atoms. The Kier molecular flexibility index (Phi) is 4.74. The lowest BCUT2D eigenvalue weighted by molar-refractivity contribution is -0.138. The van der Waals surface area contributed by atoms with E-state index < -0.39 is 0 Å². The van der Waals surface area contributed by atoms with Crippen LogP contribution in [0, 0.1) is 12.8 Å². The summed E-state index contributed by atoms with van der Waals surface area (Å²) in [7, 11) is 0. The molecule has 2 aliphatic rings. The second-order valence-electron chi connectivity index (χ2n) is 7.25. The number of likely N-dealkylation sites (tertiary alicyclic amines) is 1. The minimum absolute atomic E-state index is 0.119. The SMILES string of the molecule is Cc1ccc(C2=C(N3CCCCC3)C(=O)N(CC(C)C)C2=O)cc1. The van der Waals surface area contributed by atoms with E-state index in [-0.39, 0.29) is 17.7 Å². The Hall–Kier alpha value is -2.10. The molecule has 0 aromatic heterocycles. The summed E-state index contributed by atoms with van der Waals surface area (Å²) in [5.41, 5.74) is 3.20. The molecule has 0 saturated carbocycles. The van der Waals surface area contributed by atoms with Gasteiger partial charge in [0, 0.05) is 19.6 Å². The molecule has 2 aliphatic heterocycles. The lowest BCUT2D eigenvalue weighted by Crippen LogP contribution is -2.38. The van der Waals surface area contributed by atoms with Crippen molar-refractivity contribution in [2.45, 2.75) is 40.0 Å². The first-order valence-electron chi connectivity index (χ1n) is 8.91. The van der Waals surface area contributed by atoms with Crippen molar-refractivity contribution >= 4 is 17.4 Å². The molecular weight excluding hydrogens is 300 g/mol. The maximum atomic E-state index is 13.0. The number of benzene rings is 1. The highest BCUT2D eigenvalue weighted by Crippen LogP contribution is 2.33. The Labute approximate surface area is 144 Å². The standard InChI is InChI=1S/C20H26N2O2/c1-14(2)13-22-19(23)17(16-9-7-15(3)8-10-16)18(20(22)24)21-11-5-4-6-12-21/h7-10,14H,4-6,11-13H2,1-3H3. The van der Waals surface area contributed by atoms with Gasteiger partial charge in [0.25, 0.3) is 11.8 Å². The monoisotopic (exact) mass is 326 g/mol. The number of aryl methyl sites for hydroxylation is 1. The molecule has 2 amide bonds. The van der Waals surface area contributed by atoms with Crippen LogP contribution in [0.1, 0.15) is 44.2 Å². The average Bonchev–Trinajstić information content (AvgIpc) is 2.81. The van der Waals surface area contributed by atoms with Crippen molar-refractivity contribution in [3.63, 3.8) is 0 Å². The summed E-state index contributed by atoms with van der Waals surface area (Å²) in [5, 5.41) is 0. The first-order chi connectivity index (χ1) is 11.5. The molecule has 0 N–H and O–H groups in total. The van der Waals surface area contributed by atoms with Crippen LogP contribution < -0.4 is 0 Å². The molecule has 0 unspecified atom stereocenters. The topological polar surface area (TPSA) is 40.6 Å². The molecule has 0 radical (unpaired) electrons. The largest absolute Gasteiger partial charge is 0.366 e. The van der Waals surface area contributed by atoms with Gasteiger partial charge in [-0.3, -0.25) is 14.5 Å². The van der Waals surface area contributed by atoms with E-state index in [9.17, 15) is 9.59 Å². The summed E-state index contributed by atoms with van der Waals surface area (Å²) in [6.07, 6.45) is 3.36. The van der Waals surface area contributed by atoms with Gasteiger partial charge in [-0.05, 0) is 37.7 Å². The van der Waals surface area contributed by atoms with Crippen molar-refractivity contribution < 1.29 is 9.59 Å². The van der Waals surface area contributed by atoms with Crippen LogP contribution in [-0.2, 0) is 9.59 Å². The van der Waals surface area contributed by atoms with Gasteiger partial charge in [0.2, 0.25) is 0 Å². The van der Waals surface area contributed by atoms with E-state index in [2.05, 4.69) is 4.90 Å². The summed E-state index contributed by atoms with van der Waals surface area (Å²) < 4.78 is 0. The number of carbonyl (C=O) groups excluding carboxylic acids is 2.